The standard InChI is InChI=1S/C25H29F2N5O3/c1-16(35-20-13-18(26)12-19(27)14-20)21-10-17(25(33)31(3)5-4-28-2)11-22-24(21)30-23(15-29-22)32-6-8-34-9-7-32/h10-16,28H,4-9H2,1-3H3. The summed E-state index contributed by atoms with van der Waals surface area (Å²) in [5, 5.41) is 3.03. The first-order chi connectivity index (χ1) is 16.9. The number of nitrogens with zero attached hydrogens (tertiary/aromatic N) is 4. The number of carbonyl (C=O) groups is 1. The number of likely N-dealkylation sites (N-methyl/N-ethyl adjacent to an activating group) is 2. The number of hydrogen-bond donors (Lipinski definition) is 1. The van der Waals surface area contributed by atoms with Crippen molar-refractivity contribution in [2.45, 2.75) is 13.0 Å². The second-order valence-corrected chi connectivity index (χ2v) is 8.46. The molecule has 10 heteroatoms. The van der Waals surface area contributed by atoms with Crippen LogP contribution in [0.5, 0.6) is 5.75 Å². The van der Waals surface area contributed by atoms with Crippen molar-refractivity contribution in [3.63, 3.8) is 0 Å². The van der Waals surface area contributed by atoms with Crippen molar-refractivity contribution >= 4 is 22.8 Å². The number of aromatic nitrogens is 2. The van der Waals surface area contributed by atoms with Crippen LogP contribution in [0, 0.1) is 11.6 Å². The number of morpholine rings is 1. The van der Waals surface area contributed by atoms with Crippen molar-refractivity contribution in [1.82, 2.24) is 20.2 Å². The van der Waals surface area contributed by atoms with Crippen LogP contribution in [0.1, 0.15) is 28.9 Å². The lowest BCUT2D eigenvalue weighted by Crippen LogP contribution is -2.36. The van der Waals surface area contributed by atoms with Crippen LogP contribution in [0.4, 0.5) is 14.6 Å². The first-order valence-corrected chi connectivity index (χ1v) is 11.5. The molecule has 0 aliphatic carbocycles. The van der Waals surface area contributed by atoms with E-state index in [4.69, 9.17) is 14.5 Å². The number of nitrogens with one attached hydrogen (secondary N) is 1. The number of rotatable bonds is 8. The van der Waals surface area contributed by atoms with Crippen LogP contribution in [0.15, 0.2) is 36.5 Å². The molecule has 186 valence electrons. The molecular formula is C25H29F2N5O3. The second-order valence-electron chi connectivity index (χ2n) is 8.46. The Kier molecular flexibility index (Phi) is 7.72. The normalized spacial score (nSPS) is 14.7. The highest BCUT2D eigenvalue weighted by atomic mass is 19.1. The van der Waals surface area contributed by atoms with Gasteiger partial charge in [0.2, 0.25) is 0 Å². The molecule has 1 aliphatic rings. The summed E-state index contributed by atoms with van der Waals surface area (Å²) < 4.78 is 38.8. The molecule has 8 nitrogen and oxygen atoms in total. The maximum absolute atomic E-state index is 13.7. The fourth-order valence-corrected chi connectivity index (χ4v) is 3.98. The van der Waals surface area contributed by atoms with Gasteiger partial charge in [-0.25, -0.2) is 13.8 Å². The number of fused-ring (bicyclic) bond motifs is 1. The molecule has 2 heterocycles. The molecule has 1 N–H and O–H groups in total. The number of carbonyl (C=O) groups excluding carboxylic acids is 1. The maximum atomic E-state index is 13.7. The van der Waals surface area contributed by atoms with Gasteiger partial charge in [-0.15, -0.1) is 0 Å². The van der Waals surface area contributed by atoms with Crippen LogP contribution >= 0.6 is 0 Å². The van der Waals surface area contributed by atoms with Crippen molar-refractivity contribution in [2.75, 3.05) is 58.4 Å². The van der Waals surface area contributed by atoms with E-state index in [1.165, 1.54) is 0 Å². The topological polar surface area (TPSA) is 79.8 Å². The van der Waals surface area contributed by atoms with Gasteiger partial charge in [-0.05, 0) is 26.1 Å². The minimum atomic E-state index is -0.735. The number of hydrogen-bond acceptors (Lipinski definition) is 7. The molecule has 0 radical (unpaired) electrons. The zero-order chi connectivity index (χ0) is 24.9. The summed E-state index contributed by atoms with van der Waals surface area (Å²) >= 11 is 0. The Hall–Kier alpha value is -3.37. The lowest BCUT2D eigenvalue weighted by Gasteiger charge is -2.28. The summed E-state index contributed by atoms with van der Waals surface area (Å²) in [4.78, 5) is 26.2. The van der Waals surface area contributed by atoms with Crippen LogP contribution in [0.25, 0.3) is 11.0 Å². The molecule has 4 rings (SSSR count). The van der Waals surface area contributed by atoms with E-state index in [1.807, 2.05) is 7.05 Å². The quantitative estimate of drug-likeness (QED) is 0.525. The fraction of sp³-hybridized carbons (Fsp3) is 0.400. The summed E-state index contributed by atoms with van der Waals surface area (Å²) in [6.45, 7) is 5.51. The molecule has 2 aromatic carbocycles. The monoisotopic (exact) mass is 485 g/mol. The summed E-state index contributed by atoms with van der Waals surface area (Å²) in [6, 6.07) is 6.45. The van der Waals surface area contributed by atoms with Gasteiger partial charge in [-0.3, -0.25) is 9.78 Å². The molecular weight excluding hydrogens is 456 g/mol. The molecule has 1 fully saturated rings. The van der Waals surface area contributed by atoms with E-state index in [9.17, 15) is 13.6 Å². The fourth-order valence-electron chi connectivity index (χ4n) is 3.98. The zero-order valence-electron chi connectivity index (χ0n) is 20.1. The molecule has 0 bridgehead atoms. The Morgan fingerprint density at radius 1 is 1.20 bits per heavy atom. The molecule has 1 aliphatic heterocycles. The van der Waals surface area contributed by atoms with Gasteiger partial charge in [0.15, 0.2) is 0 Å². The van der Waals surface area contributed by atoms with Gasteiger partial charge in [0, 0.05) is 62.6 Å². The Labute approximate surface area is 202 Å². The van der Waals surface area contributed by atoms with E-state index in [2.05, 4.69) is 15.2 Å². The van der Waals surface area contributed by atoms with Crippen molar-refractivity contribution < 1.29 is 23.0 Å². The minimum absolute atomic E-state index is 0.0447. The third kappa shape index (κ3) is 5.83. The molecule has 1 amide bonds. The van der Waals surface area contributed by atoms with E-state index in [1.54, 1.807) is 37.2 Å². The molecule has 1 unspecified atom stereocenters. The van der Waals surface area contributed by atoms with Crippen LogP contribution in [-0.4, -0.2) is 74.3 Å². The van der Waals surface area contributed by atoms with E-state index in [-0.39, 0.29) is 11.7 Å². The minimum Gasteiger partial charge on any atom is -0.486 e. The summed E-state index contributed by atoms with van der Waals surface area (Å²) in [6.07, 6.45) is 1.02. The number of ether oxygens (including phenoxy) is 2. The predicted molar refractivity (Wildman–Crippen MR) is 129 cm³/mol. The lowest BCUT2D eigenvalue weighted by molar-refractivity contribution is 0.0796. The van der Waals surface area contributed by atoms with Gasteiger partial charge in [0.1, 0.15) is 29.3 Å². The first-order valence-electron chi connectivity index (χ1n) is 11.5. The van der Waals surface area contributed by atoms with Crippen LogP contribution in [0.2, 0.25) is 0 Å². The predicted octanol–water partition coefficient (Wildman–Crippen LogP) is 3.18. The highest BCUT2D eigenvalue weighted by Gasteiger charge is 2.22. The molecule has 3 aromatic rings. The Balaban J connectivity index is 1.75. The molecule has 1 saturated heterocycles. The average Bonchev–Trinajstić information content (AvgIpc) is 2.85. The first kappa shape index (κ1) is 24.7. The van der Waals surface area contributed by atoms with E-state index >= 15 is 0 Å². The molecule has 35 heavy (non-hydrogen) atoms. The zero-order valence-corrected chi connectivity index (χ0v) is 20.1. The molecule has 0 spiro atoms. The van der Waals surface area contributed by atoms with Crippen molar-refractivity contribution in [1.29, 1.82) is 0 Å². The molecule has 1 aromatic heterocycles. The summed E-state index contributed by atoms with van der Waals surface area (Å²) in [5.41, 5.74) is 2.12. The van der Waals surface area contributed by atoms with Crippen molar-refractivity contribution in [3.05, 3.63) is 59.3 Å². The van der Waals surface area contributed by atoms with Crippen molar-refractivity contribution in [3.8, 4) is 5.75 Å². The second kappa shape index (κ2) is 10.9. The molecule has 0 saturated carbocycles. The third-order valence-electron chi connectivity index (χ3n) is 5.88. The summed E-state index contributed by atoms with van der Waals surface area (Å²) in [5.74, 6) is -0.908. The number of anilines is 1. The Morgan fingerprint density at radius 3 is 2.60 bits per heavy atom. The van der Waals surface area contributed by atoms with Crippen LogP contribution in [0.3, 0.4) is 0 Å². The smallest absolute Gasteiger partial charge is 0.253 e. The molecule has 1 atom stereocenters. The highest BCUT2D eigenvalue weighted by molar-refractivity contribution is 5.98. The van der Waals surface area contributed by atoms with Gasteiger partial charge in [0.25, 0.3) is 5.91 Å². The van der Waals surface area contributed by atoms with Gasteiger partial charge >= 0.3 is 0 Å². The number of halogens is 2. The average molecular weight is 486 g/mol. The lowest BCUT2D eigenvalue weighted by atomic mass is 10.0. The third-order valence-corrected chi connectivity index (χ3v) is 5.88. The van der Waals surface area contributed by atoms with Gasteiger partial charge in [0.05, 0.1) is 30.4 Å². The number of benzene rings is 2. The Bertz CT molecular complexity index is 1180. The Morgan fingerprint density at radius 2 is 1.91 bits per heavy atom. The van der Waals surface area contributed by atoms with Crippen LogP contribution in [-0.2, 0) is 4.74 Å². The van der Waals surface area contributed by atoms with E-state index in [0.29, 0.717) is 67.4 Å². The van der Waals surface area contributed by atoms with E-state index in [0.717, 1.165) is 18.2 Å². The van der Waals surface area contributed by atoms with Crippen LogP contribution < -0.4 is 15.0 Å². The number of amides is 1. The largest absolute Gasteiger partial charge is 0.486 e. The SMILES string of the molecule is CNCCN(C)C(=O)c1cc(C(C)Oc2cc(F)cc(F)c2)c2nc(N3CCOCC3)cnc2c1. The van der Waals surface area contributed by atoms with Crippen molar-refractivity contribution in [2.24, 2.45) is 0 Å². The van der Waals surface area contributed by atoms with Gasteiger partial charge < -0.3 is 24.6 Å². The highest BCUT2D eigenvalue weighted by Crippen LogP contribution is 2.30. The van der Waals surface area contributed by atoms with Gasteiger partial charge in [-0.2, -0.15) is 0 Å². The van der Waals surface area contributed by atoms with E-state index < -0.39 is 17.7 Å². The van der Waals surface area contributed by atoms with Gasteiger partial charge in [-0.1, -0.05) is 0 Å². The summed E-state index contributed by atoms with van der Waals surface area (Å²) in [7, 11) is 3.55. The maximum Gasteiger partial charge on any atom is 0.253 e.